The van der Waals surface area contributed by atoms with Crippen molar-refractivity contribution in [3.63, 3.8) is 0 Å². The molecule has 0 aliphatic heterocycles. The molecule has 0 aromatic heterocycles. The first kappa shape index (κ1) is 22.2. The van der Waals surface area contributed by atoms with Crippen LogP contribution in [0.5, 0.6) is 0 Å². The minimum atomic E-state index is -0.0107. The summed E-state index contributed by atoms with van der Waals surface area (Å²) >= 11 is 0. The van der Waals surface area contributed by atoms with E-state index in [9.17, 15) is 5.11 Å². The average Bonchev–Trinajstić information content (AvgIpc) is 3.03. The van der Waals surface area contributed by atoms with Gasteiger partial charge >= 0.3 is 0 Å². The molecule has 4 fully saturated rings. The van der Waals surface area contributed by atoms with Crippen molar-refractivity contribution in [2.24, 2.45) is 58.2 Å². The fraction of sp³-hybridized carbons (Fsp3) is 1.00. The molecule has 0 bridgehead atoms. The van der Waals surface area contributed by atoms with Crippen molar-refractivity contribution < 1.29 is 5.11 Å². The van der Waals surface area contributed by atoms with E-state index in [0.717, 1.165) is 60.2 Å². The van der Waals surface area contributed by atoms with Gasteiger partial charge in [-0.25, -0.2) is 0 Å². The highest BCUT2D eigenvalue weighted by atomic mass is 16.3. The van der Waals surface area contributed by atoms with E-state index in [-0.39, 0.29) is 6.10 Å². The predicted molar refractivity (Wildman–Crippen MR) is 124 cm³/mol. The van der Waals surface area contributed by atoms with E-state index in [0.29, 0.717) is 10.8 Å². The minimum absolute atomic E-state index is 0.0107. The van der Waals surface area contributed by atoms with Gasteiger partial charge in [-0.3, -0.25) is 0 Å². The zero-order valence-corrected chi connectivity index (χ0v) is 20.4. The first-order valence-electron chi connectivity index (χ1n) is 13.3. The lowest BCUT2D eigenvalue weighted by Gasteiger charge is -2.61. The lowest BCUT2D eigenvalue weighted by molar-refractivity contribution is -0.129. The Morgan fingerprint density at radius 1 is 0.793 bits per heavy atom. The maximum absolute atomic E-state index is 10.3. The second kappa shape index (κ2) is 8.14. The summed E-state index contributed by atoms with van der Waals surface area (Å²) in [6, 6.07) is 0. The van der Waals surface area contributed by atoms with Crippen LogP contribution in [0, 0.1) is 58.2 Å². The number of aliphatic hydroxyl groups excluding tert-OH is 1. The highest BCUT2D eigenvalue weighted by molar-refractivity contribution is 5.09. The van der Waals surface area contributed by atoms with E-state index in [1.54, 1.807) is 0 Å². The molecular formula is C28H50O. The van der Waals surface area contributed by atoms with Gasteiger partial charge in [0.05, 0.1) is 6.10 Å². The van der Waals surface area contributed by atoms with Crippen LogP contribution in [0.25, 0.3) is 0 Å². The predicted octanol–water partition coefficient (Wildman–Crippen LogP) is 7.71. The van der Waals surface area contributed by atoms with Crippen LogP contribution in [-0.4, -0.2) is 11.2 Å². The van der Waals surface area contributed by atoms with Gasteiger partial charge in [0.25, 0.3) is 0 Å². The fourth-order valence-electron chi connectivity index (χ4n) is 9.27. The molecule has 0 spiro atoms. The summed E-state index contributed by atoms with van der Waals surface area (Å²) in [5.74, 6) is 7.28. The van der Waals surface area contributed by atoms with Gasteiger partial charge in [0.2, 0.25) is 0 Å². The van der Waals surface area contributed by atoms with Gasteiger partial charge in [-0.2, -0.15) is 0 Å². The summed E-state index contributed by atoms with van der Waals surface area (Å²) in [5.41, 5.74) is 1.14. The molecule has 0 saturated heterocycles. The zero-order valence-electron chi connectivity index (χ0n) is 20.4. The third kappa shape index (κ3) is 3.74. The van der Waals surface area contributed by atoms with Gasteiger partial charge < -0.3 is 5.11 Å². The molecule has 0 aromatic rings. The van der Waals surface area contributed by atoms with E-state index in [1.165, 1.54) is 57.8 Å². The first-order valence-corrected chi connectivity index (χ1v) is 13.3. The number of aliphatic hydroxyl groups is 1. The van der Waals surface area contributed by atoms with Gasteiger partial charge in [-0.1, -0.05) is 54.4 Å². The molecule has 4 rings (SSSR count). The summed E-state index contributed by atoms with van der Waals surface area (Å²) in [7, 11) is 0. The van der Waals surface area contributed by atoms with E-state index in [2.05, 4.69) is 41.5 Å². The van der Waals surface area contributed by atoms with E-state index >= 15 is 0 Å². The summed E-state index contributed by atoms with van der Waals surface area (Å²) in [5, 5.41) is 10.3. The number of rotatable bonds is 5. The SMILES string of the molecule is CC(C)[C@H](C)CC[C@@H](C)[C@H]1CC[C@H]2[C@@H]3CC[C@H]4CC(O)CC[C@]4(C)[C@H]3CC[C@]12C. The van der Waals surface area contributed by atoms with Crippen molar-refractivity contribution in [3.8, 4) is 0 Å². The Hall–Kier alpha value is -0.0400. The van der Waals surface area contributed by atoms with Crippen LogP contribution in [0.15, 0.2) is 0 Å². The van der Waals surface area contributed by atoms with Gasteiger partial charge in [0.15, 0.2) is 0 Å². The van der Waals surface area contributed by atoms with Gasteiger partial charge in [0, 0.05) is 0 Å². The highest BCUT2D eigenvalue weighted by Crippen LogP contribution is 2.68. The molecule has 4 saturated carbocycles. The van der Waals surface area contributed by atoms with Crippen molar-refractivity contribution in [2.75, 3.05) is 0 Å². The summed E-state index contributed by atoms with van der Waals surface area (Å²) in [6.45, 7) is 15.2. The molecule has 1 nitrogen and oxygen atoms in total. The van der Waals surface area contributed by atoms with Crippen LogP contribution in [0.1, 0.15) is 112 Å². The number of fused-ring (bicyclic) bond motifs is 5. The monoisotopic (exact) mass is 402 g/mol. The van der Waals surface area contributed by atoms with Crippen molar-refractivity contribution >= 4 is 0 Å². The lowest BCUT2D eigenvalue weighted by atomic mass is 9.44. The Balaban J connectivity index is 1.46. The molecule has 1 unspecified atom stereocenters. The van der Waals surface area contributed by atoms with Crippen LogP contribution >= 0.6 is 0 Å². The second-order valence-electron chi connectivity index (χ2n) is 13.1. The maximum atomic E-state index is 10.3. The van der Waals surface area contributed by atoms with Crippen LogP contribution in [-0.2, 0) is 0 Å². The van der Waals surface area contributed by atoms with E-state index in [1.807, 2.05) is 0 Å². The Kier molecular flexibility index (Phi) is 6.22. The molecule has 29 heavy (non-hydrogen) atoms. The molecule has 0 radical (unpaired) electrons. The highest BCUT2D eigenvalue weighted by Gasteiger charge is 2.60. The van der Waals surface area contributed by atoms with Crippen LogP contribution in [0.2, 0.25) is 0 Å². The molecule has 4 aliphatic rings. The fourth-order valence-corrected chi connectivity index (χ4v) is 9.27. The molecule has 1 heteroatoms. The molecule has 0 amide bonds. The molecule has 10 atom stereocenters. The topological polar surface area (TPSA) is 20.2 Å². The largest absolute Gasteiger partial charge is 0.393 e. The Morgan fingerprint density at radius 3 is 2.21 bits per heavy atom. The second-order valence-corrected chi connectivity index (χ2v) is 13.1. The van der Waals surface area contributed by atoms with Crippen LogP contribution in [0.4, 0.5) is 0 Å². The normalized spacial score (nSPS) is 49.2. The summed E-state index contributed by atoms with van der Waals surface area (Å²) < 4.78 is 0. The maximum Gasteiger partial charge on any atom is 0.0543 e. The van der Waals surface area contributed by atoms with Crippen LogP contribution < -0.4 is 0 Å². The van der Waals surface area contributed by atoms with Crippen molar-refractivity contribution in [1.29, 1.82) is 0 Å². The smallest absolute Gasteiger partial charge is 0.0543 e. The molecule has 4 aliphatic carbocycles. The van der Waals surface area contributed by atoms with Gasteiger partial charge in [0.1, 0.15) is 0 Å². The average molecular weight is 403 g/mol. The molecular weight excluding hydrogens is 352 g/mol. The zero-order chi connectivity index (χ0) is 21.0. The standard InChI is InChI=1S/C28H50O/c1-18(2)19(3)7-8-20(4)24-11-12-25-23-10-9-21-17-22(29)13-15-27(21,5)26(23)14-16-28(24,25)6/h18-26,29H,7-17H2,1-6H3/t19-,20-,21+,22?,23+,24-,25+,26+,27+,28-/m1/s1. The molecule has 0 aromatic carbocycles. The van der Waals surface area contributed by atoms with Crippen molar-refractivity contribution in [2.45, 2.75) is 118 Å². The lowest BCUT2D eigenvalue weighted by Crippen LogP contribution is -2.54. The third-order valence-electron chi connectivity index (χ3n) is 11.6. The van der Waals surface area contributed by atoms with Gasteiger partial charge in [-0.05, 0) is 116 Å². The quantitative estimate of drug-likeness (QED) is 0.499. The third-order valence-corrected chi connectivity index (χ3v) is 11.6. The Labute approximate surface area is 181 Å². The molecule has 0 heterocycles. The number of hydrogen-bond acceptors (Lipinski definition) is 1. The summed E-state index contributed by atoms with van der Waals surface area (Å²) in [4.78, 5) is 0. The Bertz CT molecular complexity index is 569. The Morgan fingerprint density at radius 2 is 1.48 bits per heavy atom. The van der Waals surface area contributed by atoms with Crippen molar-refractivity contribution in [3.05, 3.63) is 0 Å². The van der Waals surface area contributed by atoms with Crippen molar-refractivity contribution in [1.82, 2.24) is 0 Å². The summed E-state index contributed by atoms with van der Waals surface area (Å²) in [6.07, 6.45) is 15.1. The first-order chi connectivity index (χ1) is 13.7. The van der Waals surface area contributed by atoms with Crippen LogP contribution in [0.3, 0.4) is 0 Å². The molecule has 1 N–H and O–H groups in total. The molecule has 168 valence electrons. The van der Waals surface area contributed by atoms with E-state index < -0.39 is 0 Å². The number of hydrogen-bond donors (Lipinski definition) is 1. The minimum Gasteiger partial charge on any atom is -0.393 e. The van der Waals surface area contributed by atoms with E-state index in [4.69, 9.17) is 0 Å². The van der Waals surface area contributed by atoms with Gasteiger partial charge in [-0.15, -0.1) is 0 Å².